The summed E-state index contributed by atoms with van der Waals surface area (Å²) in [6.45, 7) is 5.58. The summed E-state index contributed by atoms with van der Waals surface area (Å²) >= 11 is 1.58. The Bertz CT molecular complexity index is 935. The van der Waals surface area contributed by atoms with Gasteiger partial charge in [0.05, 0.1) is 6.54 Å². The van der Waals surface area contributed by atoms with Gasteiger partial charge in [0, 0.05) is 30.0 Å². The van der Waals surface area contributed by atoms with Crippen molar-refractivity contribution in [3.8, 4) is 10.4 Å². The zero-order chi connectivity index (χ0) is 20.0. The molecule has 2 bridgehead atoms. The van der Waals surface area contributed by atoms with Gasteiger partial charge in [-0.25, -0.2) is 4.79 Å². The molecule has 4 saturated heterocycles. The fourth-order valence-corrected chi connectivity index (χ4v) is 5.90. The number of hydrogen-bond acceptors (Lipinski definition) is 5. The molecule has 2 amide bonds. The zero-order valence-electron chi connectivity index (χ0n) is 16.5. The minimum atomic E-state index is -0.230. The van der Waals surface area contributed by atoms with Crippen LogP contribution in [0.4, 0.5) is 15.5 Å². The second-order valence-corrected chi connectivity index (χ2v) is 9.30. The van der Waals surface area contributed by atoms with E-state index >= 15 is 0 Å². The van der Waals surface area contributed by atoms with E-state index in [1.54, 1.807) is 16.2 Å². The Hall–Kier alpha value is -2.38. The van der Waals surface area contributed by atoms with E-state index in [1.807, 2.05) is 36.4 Å². The normalized spacial score (nSPS) is 28.4. The van der Waals surface area contributed by atoms with Gasteiger partial charge in [0.25, 0.3) is 0 Å². The quantitative estimate of drug-likeness (QED) is 0.825. The molecule has 0 aliphatic carbocycles. The highest BCUT2D eigenvalue weighted by atomic mass is 32.1. The van der Waals surface area contributed by atoms with Crippen LogP contribution in [0.5, 0.6) is 0 Å². The summed E-state index contributed by atoms with van der Waals surface area (Å²) in [6, 6.07) is 11.8. The van der Waals surface area contributed by atoms with Crippen LogP contribution in [0.25, 0.3) is 10.4 Å². The van der Waals surface area contributed by atoms with Crippen LogP contribution >= 0.6 is 11.3 Å². The molecule has 5 heterocycles. The Morgan fingerprint density at radius 1 is 1.17 bits per heavy atom. The van der Waals surface area contributed by atoms with Gasteiger partial charge in [0.15, 0.2) is 0 Å². The van der Waals surface area contributed by atoms with Crippen LogP contribution in [0.1, 0.15) is 19.8 Å². The summed E-state index contributed by atoms with van der Waals surface area (Å²) in [6.07, 6.45) is 2.22. The van der Waals surface area contributed by atoms with Crippen molar-refractivity contribution >= 4 is 34.0 Å². The van der Waals surface area contributed by atoms with Gasteiger partial charge < -0.3 is 15.0 Å². The van der Waals surface area contributed by atoms with Gasteiger partial charge in [-0.3, -0.25) is 9.69 Å². The van der Waals surface area contributed by atoms with Gasteiger partial charge in [-0.2, -0.15) is 0 Å². The Kier molecular flexibility index (Phi) is 4.80. The number of fused-ring (bicyclic) bond motifs is 3. The molecule has 4 aliphatic rings. The number of benzene rings is 1. The lowest BCUT2D eigenvalue weighted by Gasteiger charge is -2.46. The smallest absolute Gasteiger partial charge is 0.415 e. The van der Waals surface area contributed by atoms with Crippen LogP contribution < -0.4 is 10.2 Å². The van der Waals surface area contributed by atoms with Gasteiger partial charge in [0.2, 0.25) is 5.91 Å². The summed E-state index contributed by atoms with van der Waals surface area (Å²) in [5, 5.41) is 3.73. The minimum absolute atomic E-state index is 0.00996. The number of nitrogens with one attached hydrogen (secondary N) is 1. The molecule has 7 heteroatoms. The van der Waals surface area contributed by atoms with E-state index in [9.17, 15) is 9.59 Å². The molecule has 29 heavy (non-hydrogen) atoms. The average molecular weight is 412 g/mol. The van der Waals surface area contributed by atoms with E-state index in [-0.39, 0.29) is 18.1 Å². The maximum atomic E-state index is 12.6. The number of ether oxygens (including phenoxy) is 1. The minimum Gasteiger partial charge on any atom is -0.444 e. The van der Waals surface area contributed by atoms with Gasteiger partial charge in [-0.15, -0.1) is 11.3 Å². The highest BCUT2D eigenvalue weighted by molar-refractivity contribution is 7.19. The van der Waals surface area contributed by atoms with Crippen molar-refractivity contribution in [2.75, 3.05) is 36.4 Å². The molecular weight excluding hydrogens is 386 g/mol. The molecular formula is C22H25N3O3S. The molecule has 0 radical (unpaired) electrons. The third-order valence-corrected chi connectivity index (χ3v) is 7.50. The molecule has 0 spiro atoms. The molecule has 1 aromatic carbocycles. The zero-order valence-corrected chi connectivity index (χ0v) is 17.3. The fourth-order valence-electron chi connectivity index (χ4n) is 4.90. The Morgan fingerprint density at radius 3 is 2.72 bits per heavy atom. The number of rotatable bonds is 4. The number of carbonyl (C=O) groups excluding carboxylic acids is 2. The number of nitrogens with zero attached hydrogens (tertiary/aromatic N) is 2. The number of amides is 2. The number of hydrogen-bond donors (Lipinski definition) is 1. The Labute approximate surface area is 174 Å². The van der Waals surface area contributed by atoms with Crippen molar-refractivity contribution in [1.82, 2.24) is 4.90 Å². The summed E-state index contributed by atoms with van der Waals surface area (Å²) < 4.78 is 5.82. The molecule has 2 atom stereocenters. The summed E-state index contributed by atoms with van der Waals surface area (Å²) in [4.78, 5) is 29.3. The number of anilines is 2. The second-order valence-electron chi connectivity index (χ2n) is 8.23. The molecule has 6 nitrogen and oxygen atoms in total. The molecule has 152 valence electrons. The van der Waals surface area contributed by atoms with Gasteiger partial charge >= 0.3 is 6.09 Å². The summed E-state index contributed by atoms with van der Waals surface area (Å²) in [5.41, 5.74) is 1.79. The first kappa shape index (κ1) is 18.6. The number of carbonyl (C=O) groups is 2. The van der Waals surface area contributed by atoms with Crippen LogP contribution in [0.15, 0.2) is 36.4 Å². The van der Waals surface area contributed by atoms with Crippen molar-refractivity contribution in [2.45, 2.75) is 25.9 Å². The topological polar surface area (TPSA) is 61.9 Å². The first-order valence-electron chi connectivity index (χ1n) is 10.3. The van der Waals surface area contributed by atoms with Crippen LogP contribution in [-0.2, 0) is 9.53 Å². The van der Waals surface area contributed by atoms with E-state index in [0.717, 1.165) is 27.7 Å². The predicted molar refractivity (Wildman–Crippen MR) is 114 cm³/mol. The molecule has 4 aliphatic heterocycles. The number of piperidine rings is 3. The third kappa shape index (κ3) is 3.65. The molecule has 0 saturated carbocycles. The van der Waals surface area contributed by atoms with Gasteiger partial charge in [-0.05, 0) is 61.7 Å². The van der Waals surface area contributed by atoms with Crippen molar-refractivity contribution in [3.05, 3.63) is 36.4 Å². The largest absolute Gasteiger partial charge is 0.444 e. The molecule has 1 aromatic heterocycles. The standard InChI is InChI=1S/C22H25N3O3S/c1-14(26)23-17-4-2-3-16(11-17)20-5-6-21(29-20)25-13-19(28-22(25)27)18-12-24-9-7-15(18)8-10-24/h2-6,11,15,18-19H,7-10,12-13H2,1H3,(H,23,26). The fraction of sp³-hybridized carbons (Fsp3) is 0.455. The van der Waals surface area contributed by atoms with Crippen LogP contribution in [0.2, 0.25) is 0 Å². The highest BCUT2D eigenvalue weighted by Crippen LogP contribution is 2.40. The van der Waals surface area contributed by atoms with Crippen molar-refractivity contribution in [1.29, 1.82) is 0 Å². The molecule has 2 aromatic rings. The maximum Gasteiger partial charge on any atom is 0.415 e. The Morgan fingerprint density at radius 2 is 2.00 bits per heavy atom. The van der Waals surface area contributed by atoms with Crippen molar-refractivity contribution in [2.24, 2.45) is 11.8 Å². The van der Waals surface area contributed by atoms with Crippen molar-refractivity contribution < 1.29 is 14.3 Å². The number of cyclic esters (lactones) is 1. The van der Waals surface area contributed by atoms with E-state index in [2.05, 4.69) is 10.2 Å². The average Bonchev–Trinajstić information content (AvgIpc) is 3.35. The predicted octanol–water partition coefficient (Wildman–Crippen LogP) is 4.04. The molecule has 2 unspecified atom stereocenters. The van der Waals surface area contributed by atoms with Crippen LogP contribution in [0, 0.1) is 11.8 Å². The first-order chi connectivity index (χ1) is 14.1. The maximum absolute atomic E-state index is 12.6. The monoisotopic (exact) mass is 411 g/mol. The summed E-state index contributed by atoms with van der Waals surface area (Å²) in [5.74, 6) is 1.06. The van der Waals surface area contributed by atoms with Gasteiger partial charge in [-0.1, -0.05) is 12.1 Å². The highest BCUT2D eigenvalue weighted by Gasteiger charge is 2.45. The van der Waals surface area contributed by atoms with E-state index < -0.39 is 0 Å². The summed E-state index contributed by atoms with van der Waals surface area (Å²) in [7, 11) is 0. The van der Waals surface area contributed by atoms with Crippen LogP contribution in [-0.4, -0.2) is 49.2 Å². The van der Waals surface area contributed by atoms with Crippen molar-refractivity contribution in [3.63, 3.8) is 0 Å². The first-order valence-corrected chi connectivity index (χ1v) is 11.1. The molecule has 4 fully saturated rings. The SMILES string of the molecule is CC(=O)Nc1cccc(-c2ccc(N3CC(C4CN5CCC4CC5)OC3=O)s2)c1. The van der Waals surface area contributed by atoms with E-state index in [1.165, 1.54) is 32.9 Å². The van der Waals surface area contributed by atoms with Crippen LogP contribution in [0.3, 0.4) is 0 Å². The lowest BCUT2D eigenvalue weighted by atomic mass is 9.76. The molecule has 6 rings (SSSR count). The number of thiophene rings is 1. The lowest BCUT2D eigenvalue weighted by Crippen LogP contribution is -2.52. The van der Waals surface area contributed by atoms with E-state index in [4.69, 9.17) is 4.74 Å². The van der Waals surface area contributed by atoms with Gasteiger partial charge in [0.1, 0.15) is 11.1 Å². The van der Waals surface area contributed by atoms with E-state index in [0.29, 0.717) is 18.4 Å². The third-order valence-electron chi connectivity index (χ3n) is 6.34. The Balaban J connectivity index is 1.32. The molecule has 1 N–H and O–H groups in total. The second kappa shape index (κ2) is 7.46. The lowest BCUT2D eigenvalue weighted by molar-refractivity contribution is -0.114.